The third-order valence-electron chi connectivity index (χ3n) is 5.77. The molecular formula is C25H28ClNO6. The van der Waals surface area contributed by atoms with Gasteiger partial charge in [0.25, 0.3) is 0 Å². The van der Waals surface area contributed by atoms with Gasteiger partial charge in [-0.3, -0.25) is 4.79 Å². The molecule has 0 unspecified atom stereocenters. The minimum absolute atomic E-state index is 0.281. The summed E-state index contributed by atoms with van der Waals surface area (Å²) in [5.74, 6) is -3.07. The number of benzene rings is 2. The number of carbonyl (C=O) groups is 2. The van der Waals surface area contributed by atoms with Crippen LogP contribution in [-0.2, 0) is 16.1 Å². The van der Waals surface area contributed by atoms with Crippen LogP contribution in [0.15, 0.2) is 54.6 Å². The van der Waals surface area contributed by atoms with Crippen LogP contribution in [0.1, 0.15) is 38.5 Å². The number of aryl methyl sites for hydroxylation is 1. The molecule has 0 spiro atoms. The molecule has 0 aliphatic carbocycles. The number of carboxylic acid groups (broad SMARTS) is 2. The van der Waals surface area contributed by atoms with Gasteiger partial charge in [0.2, 0.25) is 0 Å². The van der Waals surface area contributed by atoms with Crippen molar-refractivity contribution in [2.24, 2.45) is 0 Å². The molecule has 0 saturated carbocycles. The number of aromatic nitrogens is 1. The van der Waals surface area contributed by atoms with Crippen molar-refractivity contribution in [3.8, 4) is 11.3 Å². The number of aliphatic hydroxyl groups is 2. The van der Waals surface area contributed by atoms with Crippen LogP contribution in [0, 0.1) is 0 Å². The summed E-state index contributed by atoms with van der Waals surface area (Å²) in [6, 6.07) is 18.0. The van der Waals surface area contributed by atoms with Crippen LogP contribution in [0.5, 0.6) is 0 Å². The van der Waals surface area contributed by atoms with Gasteiger partial charge in [-0.1, -0.05) is 54.8 Å². The number of hydrogen-bond donors (Lipinski definition) is 4. The lowest BCUT2D eigenvalue weighted by Gasteiger charge is -2.24. The Kier molecular flexibility index (Phi) is 8.13. The molecule has 0 aliphatic heterocycles. The van der Waals surface area contributed by atoms with Crippen LogP contribution in [0.4, 0.5) is 0 Å². The largest absolute Gasteiger partial charge is 0.481 e. The summed E-state index contributed by atoms with van der Waals surface area (Å²) in [5, 5.41) is 39.9. The van der Waals surface area contributed by atoms with Gasteiger partial charge in [0, 0.05) is 34.6 Å². The van der Waals surface area contributed by atoms with Crippen molar-refractivity contribution >= 4 is 34.4 Å². The number of nitrogens with zero attached hydrogens (tertiary/aromatic N) is 1. The Bertz CT molecular complexity index is 1110. The molecule has 0 saturated heterocycles. The molecule has 0 bridgehead atoms. The number of fused-ring (bicyclic) bond motifs is 1. The molecule has 0 fully saturated rings. The zero-order valence-electron chi connectivity index (χ0n) is 18.2. The quantitative estimate of drug-likeness (QED) is 0.286. The second-order valence-electron chi connectivity index (χ2n) is 8.36. The van der Waals surface area contributed by atoms with Crippen molar-refractivity contribution in [2.75, 3.05) is 0 Å². The zero-order valence-corrected chi connectivity index (χ0v) is 18.9. The van der Waals surface area contributed by atoms with E-state index in [0.717, 1.165) is 41.5 Å². The van der Waals surface area contributed by atoms with Crippen LogP contribution in [0.3, 0.4) is 0 Å². The monoisotopic (exact) mass is 473 g/mol. The maximum Gasteiger partial charge on any atom is 0.336 e. The van der Waals surface area contributed by atoms with Gasteiger partial charge in [-0.05, 0) is 42.7 Å². The molecule has 1 aromatic heterocycles. The summed E-state index contributed by atoms with van der Waals surface area (Å²) in [6.45, 7) is 0.754. The minimum Gasteiger partial charge on any atom is -0.481 e. The lowest BCUT2D eigenvalue weighted by molar-refractivity contribution is -0.168. The number of halogens is 1. The molecule has 0 aliphatic rings. The molecule has 0 amide bonds. The molecule has 33 heavy (non-hydrogen) atoms. The Morgan fingerprint density at radius 3 is 2.39 bits per heavy atom. The van der Waals surface area contributed by atoms with Gasteiger partial charge in [0.1, 0.15) is 0 Å². The normalized spacial score (nSPS) is 14.2. The molecular weight excluding hydrogens is 446 g/mol. The van der Waals surface area contributed by atoms with Crippen molar-refractivity contribution in [2.45, 2.75) is 56.8 Å². The average molecular weight is 474 g/mol. The first kappa shape index (κ1) is 24.8. The third-order valence-corrected chi connectivity index (χ3v) is 6.00. The highest BCUT2D eigenvalue weighted by Crippen LogP contribution is 2.30. The van der Waals surface area contributed by atoms with Crippen molar-refractivity contribution in [3.05, 3.63) is 59.6 Å². The highest BCUT2D eigenvalue weighted by Gasteiger charge is 2.40. The third kappa shape index (κ3) is 6.35. The molecule has 1 heterocycles. The fourth-order valence-electron chi connectivity index (χ4n) is 4.13. The van der Waals surface area contributed by atoms with Crippen LogP contribution in [-0.4, -0.2) is 48.6 Å². The summed E-state index contributed by atoms with van der Waals surface area (Å²) in [7, 11) is 0. The van der Waals surface area contributed by atoms with Crippen LogP contribution in [0.2, 0.25) is 5.02 Å². The molecule has 3 rings (SSSR count). The maximum absolute atomic E-state index is 11.2. The van der Waals surface area contributed by atoms with Gasteiger partial charge >= 0.3 is 11.9 Å². The first-order valence-corrected chi connectivity index (χ1v) is 11.3. The summed E-state index contributed by atoms with van der Waals surface area (Å²) in [4.78, 5) is 22.1. The Labute approximate surface area is 196 Å². The van der Waals surface area contributed by atoms with Gasteiger partial charge < -0.3 is 25.0 Å². The summed E-state index contributed by atoms with van der Waals surface area (Å²) >= 11 is 6.17. The SMILES string of the molecule is O=C(O)C[C@](O)(C[C@@H](O)CCCCCn1c(-c2ccccc2)cc2cc(Cl)ccc21)C(=O)O. The lowest BCUT2D eigenvalue weighted by Crippen LogP contribution is -2.43. The smallest absolute Gasteiger partial charge is 0.336 e. The van der Waals surface area contributed by atoms with E-state index in [1.807, 2.05) is 36.4 Å². The van der Waals surface area contributed by atoms with Gasteiger partial charge in [0.15, 0.2) is 5.60 Å². The van der Waals surface area contributed by atoms with E-state index >= 15 is 0 Å². The Balaban J connectivity index is 1.60. The first-order valence-electron chi connectivity index (χ1n) is 10.9. The molecule has 176 valence electrons. The average Bonchev–Trinajstić information content (AvgIpc) is 3.11. The van der Waals surface area contributed by atoms with E-state index in [9.17, 15) is 19.8 Å². The number of rotatable bonds is 12. The van der Waals surface area contributed by atoms with E-state index in [4.69, 9.17) is 21.8 Å². The minimum atomic E-state index is -2.47. The number of hydrogen-bond acceptors (Lipinski definition) is 4. The molecule has 2 atom stereocenters. The second-order valence-corrected chi connectivity index (χ2v) is 8.80. The predicted octanol–water partition coefficient (Wildman–Crippen LogP) is 4.56. The van der Waals surface area contributed by atoms with Crippen LogP contribution < -0.4 is 0 Å². The van der Waals surface area contributed by atoms with E-state index in [2.05, 4.69) is 22.8 Å². The Morgan fingerprint density at radius 1 is 1.00 bits per heavy atom. The van der Waals surface area contributed by atoms with Gasteiger partial charge in [-0.15, -0.1) is 0 Å². The highest BCUT2D eigenvalue weighted by molar-refractivity contribution is 6.31. The Hall–Kier alpha value is -2.87. The number of carboxylic acids is 2. The molecule has 4 N–H and O–H groups in total. The number of aliphatic carboxylic acids is 2. The summed E-state index contributed by atoms with van der Waals surface area (Å²) in [6.07, 6.45) is -0.0548. The number of aliphatic hydroxyl groups excluding tert-OH is 1. The van der Waals surface area contributed by atoms with E-state index in [1.54, 1.807) is 0 Å². The highest BCUT2D eigenvalue weighted by atomic mass is 35.5. The molecule has 3 aromatic rings. The zero-order chi connectivity index (χ0) is 24.0. The second kappa shape index (κ2) is 10.8. The first-order chi connectivity index (χ1) is 15.7. The Morgan fingerprint density at radius 2 is 1.73 bits per heavy atom. The van der Waals surface area contributed by atoms with Gasteiger partial charge in [-0.2, -0.15) is 0 Å². The van der Waals surface area contributed by atoms with Crippen LogP contribution in [0.25, 0.3) is 22.2 Å². The van der Waals surface area contributed by atoms with Crippen molar-refractivity contribution in [3.63, 3.8) is 0 Å². The van der Waals surface area contributed by atoms with Crippen molar-refractivity contribution < 1.29 is 30.0 Å². The topological polar surface area (TPSA) is 120 Å². The molecule has 0 radical (unpaired) electrons. The fraction of sp³-hybridized carbons (Fsp3) is 0.360. The van der Waals surface area contributed by atoms with Crippen molar-refractivity contribution in [1.29, 1.82) is 0 Å². The maximum atomic E-state index is 11.2. The summed E-state index contributed by atoms with van der Waals surface area (Å²) < 4.78 is 2.24. The van der Waals surface area contributed by atoms with E-state index in [-0.39, 0.29) is 6.42 Å². The number of unbranched alkanes of at least 4 members (excludes halogenated alkanes) is 2. The summed E-state index contributed by atoms with van der Waals surface area (Å²) in [5.41, 5.74) is 0.805. The van der Waals surface area contributed by atoms with E-state index in [0.29, 0.717) is 11.4 Å². The van der Waals surface area contributed by atoms with Crippen LogP contribution >= 0.6 is 11.6 Å². The predicted molar refractivity (Wildman–Crippen MR) is 126 cm³/mol. The van der Waals surface area contributed by atoms with E-state index < -0.39 is 36.5 Å². The molecule has 8 heteroatoms. The molecule has 2 aromatic carbocycles. The van der Waals surface area contributed by atoms with E-state index in [1.165, 1.54) is 0 Å². The molecule has 7 nitrogen and oxygen atoms in total. The lowest BCUT2D eigenvalue weighted by atomic mass is 9.90. The fourth-order valence-corrected chi connectivity index (χ4v) is 4.32. The van der Waals surface area contributed by atoms with Gasteiger partial charge in [-0.25, -0.2) is 4.79 Å². The van der Waals surface area contributed by atoms with Crippen molar-refractivity contribution in [1.82, 2.24) is 4.57 Å². The standard InChI is InChI=1S/C25H28ClNO6/c26-19-10-11-21-18(13-19)14-22(17-7-3-1-4-8-17)27(21)12-6-2-5-9-20(28)15-25(33,24(31)32)16-23(29)30/h1,3-4,7-8,10-11,13-14,20,28,33H,2,5-6,9,12,15-16H2,(H,29,30)(H,31,32)/t20-,25+/m0/s1. The van der Waals surface area contributed by atoms with Gasteiger partial charge in [0.05, 0.1) is 12.5 Å².